The van der Waals surface area contributed by atoms with E-state index in [0.29, 0.717) is 12.2 Å². The first-order chi connectivity index (χ1) is 18.7. The van der Waals surface area contributed by atoms with E-state index in [9.17, 15) is 5.11 Å². The number of rotatable bonds is 8. The molecule has 2 aromatic heterocycles. The molecule has 0 unspecified atom stereocenters. The molecule has 0 bridgehead atoms. The number of aliphatic imine (C=N–C) groups is 1. The molecule has 39 heavy (non-hydrogen) atoms. The molecule has 0 saturated carbocycles. The van der Waals surface area contributed by atoms with Crippen LogP contribution in [0.15, 0.2) is 84.2 Å². The Balaban J connectivity index is 1.42. The number of benzene rings is 2. The molecule has 204 valence electrons. The first kappa shape index (κ1) is 27.2. The monoisotopic (exact) mass is 543 g/mol. The fourth-order valence-corrected chi connectivity index (χ4v) is 10.0. The molecule has 3 atom stereocenters. The summed E-state index contributed by atoms with van der Waals surface area (Å²) in [6, 6.07) is 23.0. The van der Waals surface area contributed by atoms with E-state index in [2.05, 4.69) is 84.3 Å². The van der Waals surface area contributed by atoms with Crippen molar-refractivity contribution in [3.63, 3.8) is 0 Å². The van der Waals surface area contributed by atoms with Crippen LogP contribution in [0.25, 0.3) is 11.0 Å². The molecular weight excluding hydrogens is 506 g/mol. The van der Waals surface area contributed by atoms with E-state index in [1.807, 2.05) is 48.0 Å². The molecule has 9 heteroatoms. The summed E-state index contributed by atoms with van der Waals surface area (Å²) in [6.45, 7) is 7.03. The Labute approximate surface area is 231 Å². The van der Waals surface area contributed by atoms with Crippen LogP contribution in [-0.2, 0) is 9.16 Å². The molecule has 4 aromatic rings. The molecule has 0 aliphatic carbocycles. The lowest BCUT2D eigenvalue weighted by Gasteiger charge is -2.43. The Morgan fingerprint density at radius 1 is 1.05 bits per heavy atom. The molecule has 1 fully saturated rings. The lowest BCUT2D eigenvalue weighted by atomic mass is 10.2. The number of aromatic nitrogens is 3. The molecule has 1 saturated heterocycles. The summed E-state index contributed by atoms with van der Waals surface area (Å²) in [7, 11) is 1.08. The Hall–Kier alpha value is -3.37. The van der Waals surface area contributed by atoms with E-state index in [1.54, 1.807) is 6.34 Å². The van der Waals surface area contributed by atoms with Gasteiger partial charge in [-0.3, -0.25) is 0 Å². The highest BCUT2D eigenvalue weighted by molar-refractivity contribution is 6.99. The van der Waals surface area contributed by atoms with Crippen molar-refractivity contribution in [2.24, 2.45) is 4.99 Å². The van der Waals surface area contributed by atoms with Gasteiger partial charge in [-0.15, -0.1) is 0 Å². The highest BCUT2D eigenvalue weighted by atomic mass is 28.4. The molecule has 2 aromatic carbocycles. The summed E-state index contributed by atoms with van der Waals surface area (Å²) in [5.74, 6) is 0.595. The minimum absolute atomic E-state index is 0.157. The van der Waals surface area contributed by atoms with Gasteiger partial charge in [0.15, 0.2) is 5.82 Å². The second kappa shape index (κ2) is 11.0. The van der Waals surface area contributed by atoms with Crippen LogP contribution in [0.2, 0.25) is 5.04 Å². The average molecular weight is 544 g/mol. The molecule has 1 aliphatic rings. The quantitative estimate of drug-likeness (QED) is 0.206. The van der Waals surface area contributed by atoms with Gasteiger partial charge in [0.05, 0.1) is 24.4 Å². The zero-order chi connectivity index (χ0) is 27.6. The smallest absolute Gasteiger partial charge is 0.261 e. The van der Waals surface area contributed by atoms with Crippen molar-refractivity contribution in [3.8, 4) is 0 Å². The van der Waals surface area contributed by atoms with Crippen LogP contribution in [0.4, 0.5) is 5.82 Å². The van der Waals surface area contributed by atoms with Crippen molar-refractivity contribution < 1.29 is 14.3 Å². The minimum atomic E-state index is -2.74. The zero-order valence-corrected chi connectivity index (χ0v) is 24.2. The topological polar surface area (TPSA) is 85.0 Å². The SMILES string of the molecule is CN(C)C=Nc1ncnc2c1ccn2[C@H]1C[C@@H](O)[C@@H](CO[Si](c2ccccc2)(c2ccccc2)C(C)(C)C)O1. The number of hydrogen-bond acceptors (Lipinski definition) is 6. The standard InChI is InChI=1S/C30H37N5O3Si/c1-30(2,3)39(22-12-8-6-9-13-22,23-14-10-7-11-15-23)37-19-26-25(36)18-27(38-26)35-17-16-24-28(33-21-34(4)5)31-20-32-29(24)35/h6-17,20-21,25-27,36H,18-19H2,1-5H3/t25-,26-,27-/m1/s1. The van der Waals surface area contributed by atoms with Gasteiger partial charge in [-0.2, -0.15) is 0 Å². The van der Waals surface area contributed by atoms with Crippen molar-refractivity contribution >= 4 is 41.9 Å². The van der Waals surface area contributed by atoms with E-state index in [0.717, 1.165) is 11.0 Å². The Kier molecular flexibility index (Phi) is 7.68. The number of aliphatic hydroxyl groups is 1. The second-order valence-electron chi connectivity index (χ2n) is 11.3. The summed E-state index contributed by atoms with van der Waals surface area (Å²) >= 11 is 0. The summed E-state index contributed by atoms with van der Waals surface area (Å²) in [5.41, 5.74) is 0.724. The first-order valence-corrected chi connectivity index (χ1v) is 15.2. The van der Waals surface area contributed by atoms with Gasteiger partial charge < -0.3 is 23.7 Å². The van der Waals surface area contributed by atoms with E-state index < -0.39 is 20.5 Å². The van der Waals surface area contributed by atoms with Crippen LogP contribution < -0.4 is 10.4 Å². The number of aliphatic hydroxyl groups excluding tert-OH is 1. The van der Waals surface area contributed by atoms with Gasteiger partial charge in [-0.25, -0.2) is 15.0 Å². The fraction of sp³-hybridized carbons (Fsp3) is 0.367. The van der Waals surface area contributed by atoms with Gasteiger partial charge in [0.1, 0.15) is 24.3 Å². The zero-order valence-electron chi connectivity index (χ0n) is 23.2. The van der Waals surface area contributed by atoms with Crippen molar-refractivity contribution in [2.45, 2.75) is 50.7 Å². The van der Waals surface area contributed by atoms with Gasteiger partial charge in [0, 0.05) is 26.7 Å². The van der Waals surface area contributed by atoms with Gasteiger partial charge in [0.25, 0.3) is 8.32 Å². The summed E-state index contributed by atoms with van der Waals surface area (Å²) in [4.78, 5) is 15.2. The average Bonchev–Trinajstić information content (AvgIpc) is 3.52. The second-order valence-corrected chi connectivity index (χ2v) is 15.6. The summed E-state index contributed by atoms with van der Waals surface area (Å²) in [6.07, 6.45) is 4.09. The van der Waals surface area contributed by atoms with Crippen LogP contribution in [0.5, 0.6) is 0 Å². The third kappa shape index (κ3) is 5.27. The maximum Gasteiger partial charge on any atom is 0.261 e. The maximum absolute atomic E-state index is 11.1. The van der Waals surface area contributed by atoms with Crippen molar-refractivity contribution in [2.75, 3.05) is 20.7 Å². The van der Waals surface area contributed by atoms with E-state index in [-0.39, 0.29) is 17.9 Å². The highest BCUT2D eigenvalue weighted by Crippen LogP contribution is 2.38. The van der Waals surface area contributed by atoms with Crippen molar-refractivity contribution in [1.29, 1.82) is 0 Å². The van der Waals surface area contributed by atoms with E-state index >= 15 is 0 Å². The molecule has 3 heterocycles. The van der Waals surface area contributed by atoms with E-state index in [1.165, 1.54) is 16.7 Å². The van der Waals surface area contributed by atoms with Gasteiger partial charge >= 0.3 is 0 Å². The molecule has 5 rings (SSSR count). The Morgan fingerprint density at radius 3 is 2.28 bits per heavy atom. The maximum atomic E-state index is 11.1. The Morgan fingerprint density at radius 2 is 1.69 bits per heavy atom. The van der Waals surface area contributed by atoms with Crippen LogP contribution in [0, 0.1) is 0 Å². The lowest BCUT2D eigenvalue weighted by Crippen LogP contribution is -2.67. The highest BCUT2D eigenvalue weighted by Gasteiger charge is 2.51. The van der Waals surface area contributed by atoms with Crippen LogP contribution >= 0.6 is 0 Å². The Bertz CT molecular complexity index is 1380. The van der Waals surface area contributed by atoms with Crippen molar-refractivity contribution in [3.05, 3.63) is 79.3 Å². The molecule has 1 aliphatic heterocycles. The van der Waals surface area contributed by atoms with Crippen LogP contribution in [0.1, 0.15) is 33.4 Å². The predicted octanol–water partition coefficient (Wildman–Crippen LogP) is 3.88. The number of hydrogen-bond donors (Lipinski definition) is 1. The van der Waals surface area contributed by atoms with Gasteiger partial charge in [-0.1, -0.05) is 81.4 Å². The number of ether oxygens (including phenoxy) is 1. The molecular formula is C30H37N5O3Si. The number of fused-ring (bicyclic) bond motifs is 1. The first-order valence-electron chi connectivity index (χ1n) is 13.3. The predicted molar refractivity (Wildman–Crippen MR) is 157 cm³/mol. The summed E-state index contributed by atoms with van der Waals surface area (Å²) in [5, 5.41) is 14.2. The third-order valence-corrected chi connectivity index (χ3v) is 12.3. The molecule has 1 N–H and O–H groups in total. The fourth-order valence-electron chi connectivity index (χ4n) is 5.47. The minimum Gasteiger partial charge on any atom is -0.405 e. The van der Waals surface area contributed by atoms with Crippen LogP contribution in [-0.4, -0.2) is 72.1 Å². The largest absolute Gasteiger partial charge is 0.405 e. The van der Waals surface area contributed by atoms with Crippen molar-refractivity contribution in [1.82, 2.24) is 19.4 Å². The molecule has 8 nitrogen and oxygen atoms in total. The van der Waals surface area contributed by atoms with Gasteiger partial charge in [0.2, 0.25) is 0 Å². The molecule has 0 amide bonds. The van der Waals surface area contributed by atoms with E-state index in [4.69, 9.17) is 9.16 Å². The number of nitrogens with zero attached hydrogens (tertiary/aromatic N) is 5. The normalized spacial score (nSPS) is 20.2. The lowest BCUT2D eigenvalue weighted by molar-refractivity contribution is -0.0397. The third-order valence-electron chi connectivity index (χ3n) is 7.29. The molecule has 0 spiro atoms. The van der Waals surface area contributed by atoms with Gasteiger partial charge in [-0.05, 0) is 21.5 Å². The summed E-state index contributed by atoms with van der Waals surface area (Å²) < 4.78 is 15.4. The molecule has 0 radical (unpaired) electrons. The van der Waals surface area contributed by atoms with Crippen LogP contribution in [0.3, 0.4) is 0 Å².